The van der Waals surface area contributed by atoms with Gasteiger partial charge in [0.25, 0.3) is 5.91 Å². The van der Waals surface area contributed by atoms with Gasteiger partial charge in [0.15, 0.2) is 0 Å². The number of hydrogen-bond donors (Lipinski definition) is 4. The van der Waals surface area contributed by atoms with Crippen molar-refractivity contribution in [3.8, 4) is 0 Å². The molecule has 144 valence electrons. The van der Waals surface area contributed by atoms with E-state index < -0.39 is 5.91 Å². The first-order valence-electron chi connectivity index (χ1n) is 8.43. The summed E-state index contributed by atoms with van der Waals surface area (Å²) in [6.07, 6.45) is 5.56. The van der Waals surface area contributed by atoms with Gasteiger partial charge in [0.05, 0.1) is 15.6 Å². The van der Waals surface area contributed by atoms with Gasteiger partial charge in [0.2, 0.25) is 5.91 Å². The fraction of sp³-hybridized carbons (Fsp3) is 0.158. The Kier molecular flexibility index (Phi) is 5.96. The Morgan fingerprint density at radius 3 is 2.43 bits per heavy atom. The summed E-state index contributed by atoms with van der Waals surface area (Å²) in [4.78, 5) is 28.6. The summed E-state index contributed by atoms with van der Waals surface area (Å²) in [5.41, 5.74) is 6.94. The number of nitrogens with zero attached hydrogens (tertiary/aromatic N) is 1. The molecule has 1 saturated carbocycles. The van der Waals surface area contributed by atoms with Crippen LogP contribution in [0.5, 0.6) is 0 Å². The minimum absolute atomic E-state index is 0.0459. The molecule has 1 fully saturated rings. The van der Waals surface area contributed by atoms with Crippen LogP contribution in [-0.2, 0) is 4.79 Å². The van der Waals surface area contributed by atoms with E-state index in [1.54, 1.807) is 12.1 Å². The van der Waals surface area contributed by atoms with Gasteiger partial charge in [-0.2, -0.15) is 0 Å². The van der Waals surface area contributed by atoms with Crippen molar-refractivity contribution in [1.29, 1.82) is 5.41 Å². The standard InChI is InChI=1S/C19H17Cl2N5O2/c20-14-5-11(12(8-22)9-23)6-15(21)17(14)19(28)25-13-3-4-24-16(7-13)26-18(27)10-1-2-10/h3-10,22H,1-2,23H2,(H2,24,25,26,27,28). The van der Waals surface area contributed by atoms with E-state index in [4.69, 9.17) is 34.3 Å². The summed E-state index contributed by atoms with van der Waals surface area (Å²) >= 11 is 12.5. The maximum absolute atomic E-state index is 12.7. The highest BCUT2D eigenvalue weighted by Crippen LogP contribution is 2.31. The van der Waals surface area contributed by atoms with Crippen molar-refractivity contribution in [1.82, 2.24) is 4.98 Å². The predicted molar refractivity (Wildman–Crippen MR) is 111 cm³/mol. The van der Waals surface area contributed by atoms with E-state index in [9.17, 15) is 9.59 Å². The van der Waals surface area contributed by atoms with Crippen LogP contribution in [0.25, 0.3) is 5.57 Å². The maximum atomic E-state index is 12.7. The average Bonchev–Trinajstić information content (AvgIpc) is 3.47. The zero-order valence-electron chi connectivity index (χ0n) is 14.6. The number of rotatable bonds is 6. The van der Waals surface area contributed by atoms with Gasteiger partial charge in [-0.05, 0) is 36.6 Å². The Morgan fingerprint density at radius 1 is 1.18 bits per heavy atom. The number of amides is 2. The fourth-order valence-electron chi connectivity index (χ4n) is 2.53. The number of nitrogens with two attached hydrogens (primary N) is 1. The molecule has 1 heterocycles. The summed E-state index contributed by atoms with van der Waals surface area (Å²) in [6.45, 7) is 0. The van der Waals surface area contributed by atoms with Crippen LogP contribution in [0.3, 0.4) is 0 Å². The first-order valence-corrected chi connectivity index (χ1v) is 9.18. The lowest BCUT2D eigenvalue weighted by molar-refractivity contribution is -0.117. The monoisotopic (exact) mass is 417 g/mol. The van der Waals surface area contributed by atoms with Crippen molar-refractivity contribution in [2.45, 2.75) is 12.8 Å². The zero-order chi connectivity index (χ0) is 20.3. The molecule has 9 heteroatoms. The van der Waals surface area contributed by atoms with Gasteiger partial charge in [-0.25, -0.2) is 4.98 Å². The Bertz CT molecular complexity index is 963. The van der Waals surface area contributed by atoms with Crippen LogP contribution in [0.1, 0.15) is 28.8 Å². The van der Waals surface area contributed by atoms with Crippen molar-refractivity contribution in [3.63, 3.8) is 0 Å². The van der Waals surface area contributed by atoms with Crippen LogP contribution < -0.4 is 16.4 Å². The number of hydrogen-bond acceptors (Lipinski definition) is 5. The molecule has 0 unspecified atom stereocenters. The van der Waals surface area contributed by atoms with Gasteiger partial charge < -0.3 is 21.8 Å². The van der Waals surface area contributed by atoms with Crippen molar-refractivity contribution < 1.29 is 9.59 Å². The largest absolute Gasteiger partial charge is 0.404 e. The number of benzene rings is 1. The van der Waals surface area contributed by atoms with Crippen LogP contribution in [0.15, 0.2) is 36.7 Å². The molecular formula is C19H17Cl2N5O2. The topological polar surface area (TPSA) is 121 Å². The van der Waals surface area contributed by atoms with Crippen molar-refractivity contribution in [3.05, 3.63) is 57.8 Å². The van der Waals surface area contributed by atoms with Gasteiger partial charge in [-0.1, -0.05) is 23.2 Å². The number of carbonyl (C=O) groups excluding carboxylic acids is 2. The molecule has 1 aliphatic rings. The second-order valence-electron chi connectivity index (χ2n) is 6.23. The molecule has 28 heavy (non-hydrogen) atoms. The van der Waals surface area contributed by atoms with Crippen LogP contribution >= 0.6 is 23.2 Å². The van der Waals surface area contributed by atoms with Crippen LogP contribution in [-0.4, -0.2) is 23.0 Å². The number of anilines is 2. The average molecular weight is 418 g/mol. The van der Waals surface area contributed by atoms with E-state index in [0.717, 1.165) is 19.1 Å². The lowest BCUT2D eigenvalue weighted by atomic mass is 10.0. The third kappa shape index (κ3) is 4.49. The maximum Gasteiger partial charge on any atom is 0.258 e. The fourth-order valence-corrected chi connectivity index (χ4v) is 3.19. The summed E-state index contributed by atoms with van der Waals surface area (Å²) < 4.78 is 0. The van der Waals surface area contributed by atoms with Crippen LogP contribution in [0.2, 0.25) is 10.0 Å². The van der Waals surface area contributed by atoms with E-state index in [1.165, 1.54) is 24.5 Å². The van der Waals surface area contributed by atoms with E-state index in [-0.39, 0.29) is 27.4 Å². The molecule has 7 nitrogen and oxygen atoms in total. The van der Waals surface area contributed by atoms with E-state index in [2.05, 4.69) is 15.6 Å². The Balaban J connectivity index is 1.79. The minimum Gasteiger partial charge on any atom is -0.404 e. The first-order chi connectivity index (χ1) is 13.4. The number of aromatic nitrogens is 1. The highest BCUT2D eigenvalue weighted by molar-refractivity contribution is 6.41. The Labute approximate surface area is 171 Å². The Morgan fingerprint density at radius 2 is 1.86 bits per heavy atom. The highest BCUT2D eigenvalue weighted by atomic mass is 35.5. The minimum atomic E-state index is -0.514. The van der Waals surface area contributed by atoms with E-state index in [0.29, 0.717) is 22.6 Å². The molecule has 1 aromatic heterocycles. The molecule has 1 aromatic carbocycles. The number of allylic oxidation sites excluding steroid dienone is 1. The Hall–Kier alpha value is -2.90. The third-order valence-corrected chi connectivity index (χ3v) is 4.75. The molecule has 0 radical (unpaired) electrons. The molecule has 0 saturated heterocycles. The molecule has 0 spiro atoms. The third-order valence-electron chi connectivity index (χ3n) is 4.15. The summed E-state index contributed by atoms with van der Waals surface area (Å²) in [6, 6.07) is 6.17. The van der Waals surface area contributed by atoms with Crippen LogP contribution in [0, 0.1) is 11.3 Å². The molecule has 0 bridgehead atoms. The zero-order valence-corrected chi connectivity index (χ0v) is 16.1. The summed E-state index contributed by atoms with van der Waals surface area (Å²) in [5.74, 6) is -0.191. The highest BCUT2D eigenvalue weighted by Gasteiger charge is 2.29. The molecule has 3 rings (SSSR count). The smallest absolute Gasteiger partial charge is 0.258 e. The van der Waals surface area contributed by atoms with Crippen molar-refractivity contribution >= 4 is 58.3 Å². The van der Waals surface area contributed by atoms with Crippen molar-refractivity contribution in [2.75, 3.05) is 10.6 Å². The van der Waals surface area contributed by atoms with Gasteiger partial charge in [-0.15, -0.1) is 0 Å². The lowest BCUT2D eigenvalue weighted by Gasteiger charge is -2.12. The normalized spacial score (nSPS) is 13.7. The number of nitrogens with one attached hydrogen (secondary N) is 3. The quantitative estimate of drug-likeness (QED) is 0.531. The molecular weight excluding hydrogens is 401 g/mol. The molecule has 0 atom stereocenters. The lowest BCUT2D eigenvalue weighted by Crippen LogP contribution is -2.16. The van der Waals surface area contributed by atoms with Gasteiger partial charge in [-0.3, -0.25) is 9.59 Å². The molecule has 0 aliphatic heterocycles. The predicted octanol–water partition coefficient (Wildman–Crippen LogP) is 3.94. The number of pyridine rings is 1. The van der Waals surface area contributed by atoms with E-state index in [1.807, 2.05) is 0 Å². The molecule has 2 amide bonds. The van der Waals surface area contributed by atoms with Gasteiger partial charge >= 0.3 is 0 Å². The second-order valence-corrected chi connectivity index (χ2v) is 7.04. The van der Waals surface area contributed by atoms with Crippen molar-refractivity contribution in [2.24, 2.45) is 11.7 Å². The number of halogens is 2. The first kappa shape index (κ1) is 19.9. The van der Waals surface area contributed by atoms with Gasteiger partial charge in [0, 0.05) is 41.9 Å². The SMILES string of the molecule is N=CC(=CN)c1cc(Cl)c(C(=O)Nc2ccnc(NC(=O)C3CC3)c2)c(Cl)c1. The van der Waals surface area contributed by atoms with Gasteiger partial charge in [0.1, 0.15) is 5.82 Å². The molecule has 1 aliphatic carbocycles. The van der Waals surface area contributed by atoms with Crippen LogP contribution in [0.4, 0.5) is 11.5 Å². The second kappa shape index (κ2) is 8.41. The van der Waals surface area contributed by atoms with E-state index >= 15 is 0 Å². The molecule has 5 N–H and O–H groups in total. The summed E-state index contributed by atoms with van der Waals surface area (Å²) in [7, 11) is 0. The summed E-state index contributed by atoms with van der Waals surface area (Å²) in [5, 5.41) is 13.0. The molecule has 2 aromatic rings. The number of carbonyl (C=O) groups is 2.